The van der Waals surface area contributed by atoms with E-state index in [9.17, 15) is 8.42 Å². The maximum Gasteiger partial charge on any atom is 0.282 e. The minimum Gasteiger partial charge on any atom is -0.378 e. The zero-order chi connectivity index (χ0) is 13.2. The van der Waals surface area contributed by atoms with E-state index in [4.69, 9.17) is 4.74 Å². The van der Waals surface area contributed by atoms with Crippen LogP contribution in [0.5, 0.6) is 0 Å². The van der Waals surface area contributed by atoms with E-state index < -0.39 is 10.2 Å². The van der Waals surface area contributed by atoms with Gasteiger partial charge in [-0.2, -0.15) is 17.0 Å². The third-order valence-electron chi connectivity index (χ3n) is 3.72. The second-order valence-corrected chi connectivity index (χ2v) is 7.61. The van der Waals surface area contributed by atoms with Crippen molar-refractivity contribution in [3.8, 4) is 0 Å². The summed E-state index contributed by atoms with van der Waals surface area (Å²) in [6.07, 6.45) is 1.92. The van der Waals surface area contributed by atoms with Crippen LogP contribution in [0.1, 0.15) is 19.8 Å². The van der Waals surface area contributed by atoms with Crippen LogP contribution >= 0.6 is 15.9 Å². The Morgan fingerprint density at radius 1 is 1.28 bits per heavy atom. The number of ether oxygens (including phenoxy) is 1. The molecule has 0 bridgehead atoms. The van der Waals surface area contributed by atoms with Gasteiger partial charge < -0.3 is 4.74 Å². The standard InChI is InChI=1S/C11H21BrN2O3S/c1-10-2-4-13(5-3-10)18(15,16)14-6-7-17-9-11(14)8-12/h10-11H,2-9H2,1H3. The Bertz CT molecular complexity index is 368. The second-order valence-electron chi connectivity index (χ2n) is 5.08. The van der Waals surface area contributed by atoms with Gasteiger partial charge in [0.2, 0.25) is 0 Å². The number of rotatable bonds is 3. The molecular formula is C11H21BrN2O3S. The molecule has 0 aromatic heterocycles. The van der Waals surface area contributed by atoms with Gasteiger partial charge in [-0.1, -0.05) is 22.9 Å². The Morgan fingerprint density at radius 3 is 2.56 bits per heavy atom. The van der Waals surface area contributed by atoms with E-state index in [-0.39, 0.29) is 6.04 Å². The fourth-order valence-electron chi connectivity index (χ4n) is 2.43. The van der Waals surface area contributed by atoms with Gasteiger partial charge in [0.05, 0.1) is 19.3 Å². The predicted molar refractivity (Wildman–Crippen MR) is 74.0 cm³/mol. The summed E-state index contributed by atoms with van der Waals surface area (Å²) < 4.78 is 33.8. The van der Waals surface area contributed by atoms with Gasteiger partial charge in [0.25, 0.3) is 10.2 Å². The van der Waals surface area contributed by atoms with Crippen LogP contribution in [0.3, 0.4) is 0 Å². The molecule has 2 aliphatic heterocycles. The summed E-state index contributed by atoms with van der Waals surface area (Å²) in [6, 6.07) is -0.0805. The molecule has 0 amide bonds. The van der Waals surface area contributed by atoms with Crippen LogP contribution in [0.15, 0.2) is 0 Å². The van der Waals surface area contributed by atoms with Crippen LogP contribution in [0.25, 0.3) is 0 Å². The molecule has 0 aliphatic carbocycles. The highest BCUT2D eigenvalue weighted by molar-refractivity contribution is 9.09. The van der Waals surface area contributed by atoms with Crippen molar-refractivity contribution < 1.29 is 13.2 Å². The molecule has 0 saturated carbocycles. The van der Waals surface area contributed by atoms with E-state index in [2.05, 4.69) is 22.9 Å². The smallest absolute Gasteiger partial charge is 0.282 e. The Kier molecular flexibility index (Phi) is 5.05. The molecule has 1 atom stereocenters. The molecular weight excluding hydrogens is 320 g/mol. The van der Waals surface area contributed by atoms with Crippen molar-refractivity contribution >= 4 is 26.1 Å². The molecule has 2 aliphatic rings. The van der Waals surface area contributed by atoms with Gasteiger partial charge in [-0.15, -0.1) is 0 Å². The SMILES string of the molecule is CC1CCN(S(=O)(=O)N2CCOCC2CBr)CC1. The first-order chi connectivity index (χ1) is 8.55. The number of piperidine rings is 1. The minimum atomic E-state index is -3.31. The van der Waals surface area contributed by atoms with Gasteiger partial charge in [0.15, 0.2) is 0 Å². The van der Waals surface area contributed by atoms with Crippen LogP contribution < -0.4 is 0 Å². The zero-order valence-corrected chi connectivity index (χ0v) is 13.1. The third kappa shape index (κ3) is 3.07. The zero-order valence-electron chi connectivity index (χ0n) is 10.7. The summed E-state index contributed by atoms with van der Waals surface area (Å²) in [6.45, 7) is 4.91. The van der Waals surface area contributed by atoms with Crippen molar-refractivity contribution in [2.24, 2.45) is 5.92 Å². The molecule has 7 heteroatoms. The number of hydrogen-bond acceptors (Lipinski definition) is 3. The molecule has 0 N–H and O–H groups in total. The van der Waals surface area contributed by atoms with Crippen molar-refractivity contribution in [3.63, 3.8) is 0 Å². The van der Waals surface area contributed by atoms with Crippen LogP contribution in [0, 0.1) is 5.92 Å². The van der Waals surface area contributed by atoms with Gasteiger partial charge in [0.1, 0.15) is 0 Å². The maximum absolute atomic E-state index is 12.6. The highest BCUT2D eigenvalue weighted by Gasteiger charge is 2.37. The number of halogens is 1. The lowest BCUT2D eigenvalue weighted by atomic mass is 10.0. The Balaban J connectivity index is 2.09. The average molecular weight is 341 g/mol. The van der Waals surface area contributed by atoms with Gasteiger partial charge in [-0.3, -0.25) is 0 Å². The number of hydrogen-bond donors (Lipinski definition) is 0. The summed E-state index contributed by atoms with van der Waals surface area (Å²) >= 11 is 3.37. The van der Waals surface area contributed by atoms with Gasteiger partial charge in [0, 0.05) is 25.0 Å². The third-order valence-corrected chi connectivity index (χ3v) is 6.56. The van der Waals surface area contributed by atoms with Crippen LogP contribution in [0.2, 0.25) is 0 Å². The van der Waals surface area contributed by atoms with Gasteiger partial charge in [-0.25, -0.2) is 0 Å². The fourth-order valence-corrected chi connectivity index (χ4v) is 4.94. The molecule has 0 aromatic carbocycles. The van der Waals surface area contributed by atoms with E-state index in [1.807, 2.05) is 0 Å². The Hall–Kier alpha value is 0.310. The van der Waals surface area contributed by atoms with Crippen molar-refractivity contribution in [1.82, 2.24) is 8.61 Å². The van der Waals surface area contributed by atoms with E-state index in [1.165, 1.54) is 0 Å². The van der Waals surface area contributed by atoms with Crippen LogP contribution in [-0.4, -0.2) is 61.2 Å². The van der Waals surface area contributed by atoms with E-state index in [0.29, 0.717) is 44.1 Å². The molecule has 2 saturated heterocycles. The number of morpholine rings is 1. The minimum absolute atomic E-state index is 0.0805. The largest absolute Gasteiger partial charge is 0.378 e. The molecule has 18 heavy (non-hydrogen) atoms. The Labute approximate surface area is 118 Å². The number of nitrogens with zero attached hydrogens (tertiary/aromatic N) is 2. The van der Waals surface area contributed by atoms with Crippen molar-refractivity contribution in [3.05, 3.63) is 0 Å². The summed E-state index contributed by atoms with van der Waals surface area (Å²) in [5, 5.41) is 0.622. The highest BCUT2D eigenvalue weighted by atomic mass is 79.9. The molecule has 0 radical (unpaired) electrons. The van der Waals surface area contributed by atoms with Crippen molar-refractivity contribution in [2.45, 2.75) is 25.8 Å². The molecule has 2 rings (SSSR count). The highest BCUT2D eigenvalue weighted by Crippen LogP contribution is 2.23. The van der Waals surface area contributed by atoms with E-state index in [1.54, 1.807) is 8.61 Å². The molecule has 0 aromatic rings. The van der Waals surface area contributed by atoms with Crippen LogP contribution in [-0.2, 0) is 14.9 Å². The maximum atomic E-state index is 12.6. The molecule has 2 fully saturated rings. The van der Waals surface area contributed by atoms with Crippen LogP contribution in [0.4, 0.5) is 0 Å². The average Bonchev–Trinajstić information content (AvgIpc) is 2.39. The van der Waals surface area contributed by atoms with E-state index >= 15 is 0 Å². The molecule has 5 nitrogen and oxygen atoms in total. The molecule has 106 valence electrons. The second kappa shape index (κ2) is 6.17. The first kappa shape index (κ1) is 14.7. The summed E-state index contributed by atoms with van der Waals surface area (Å²) in [5.41, 5.74) is 0. The molecule has 0 spiro atoms. The normalized spacial score (nSPS) is 29.6. The quantitative estimate of drug-likeness (QED) is 0.722. The molecule has 2 heterocycles. The number of alkyl halides is 1. The summed E-state index contributed by atoms with van der Waals surface area (Å²) in [4.78, 5) is 0. The van der Waals surface area contributed by atoms with Crippen molar-refractivity contribution in [2.75, 3.05) is 38.2 Å². The molecule has 1 unspecified atom stereocenters. The first-order valence-electron chi connectivity index (χ1n) is 6.46. The van der Waals surface area contributed by atoms with Gasteiger partial charge >= 0.3 is 0 Å². The summed E-state index contributed by atoms with van der Waals surface area (Å²) in [5.74, 6) is 0.633. The topological polar surface area (TPSA) is 49.9 Å². The first-order valence-corrected chi connectivity index (χ1v) is 8.98. The lowest BCUT2D eigenvalue weighted by Crippen LogP contribution is -2.55. The van der Waals surface area contributed by atoms with Crippen molar-refractivity contribution in [1.29, 1.82) is 0 Å². The summed E-state index contributed by atoms with van der Waals surface area (Å²) in [7, 11) is -3.31. The van der Waals surface area contributed by atoms with E-state index in [0.717, 1.165) is 12.8 Å². The lowest BCUT2D eigenvalue weighted by molar-refractivity contribution is 0.0377. The Morgan fingerprint density at radius 2 is 1.94 bits per heavy atom. The van der Waals surface area contributed by atoms with Gasteiger partial charge in [-0.05, 0) is 18.8 Å². The fraction of sp³-hybridized carbons (Fsp3) is 1.00. The monoisotopic (exact) mass is 340 g/mol. The predicted octanol–water partition coefficient (Wildman–Crippen LogP) is 1.06. The lowest BCUT2D eigenvalue weighted by Gasteiger charge is -2.39.